The van der Waals surface area contributed by atoms with Gasteiger partial charge in [-0.3, -0.25) is 14.3 Å². The molecule has 4 rings (SSSR count). The molecule has 0 bridgehead atoms. The van der Waals surface area contributed by atoms with Crippen molar-refractivity contribution in [3.63, 3.8) is 0 Å². The van der Waals surface area contributed by atoms with E-state index >= 15 is 0 Å². The summed E-state index contributed by atoms with van der Waals surface area (Å²) >= 11 is 0. The van der Waals surface area contributed by atoms with Gasteiger partial charge in [0.1, 0.15) is 29.2 Å². The Bertz CT molecular complexity index is 1670. The van der Waals surface area contributed by atoms with Crippen LogP contribution in [0.5, 0.6) is 11.5 Å². The Morgan fingerprint density at radius 1 is 0.795 bits per heavy atom. The van der Waals surface area contributed by atoms with Crippen molar-refractivity contribution in [3.8, 4) is 11.5 Å². The van der Waals surface area contributed by atoms with Crippen LogP contribution in [0.2, 0.25) is 0 Å². The molecule has 1 atom stereocenters. The summed E-state index contributed by atoms with van der Waals surface area (Å²) in [5.41, 5.74) is 1.64. The summed E-state index contributed by atoms with van der Waals surface area (Å²) < 4.78 is 65.1. The number of hydrogen-bond donors (Lipinski definition) is 2. The zero-order valence-electron chi connectivity index (χ0n) is 24.0. The maximum Gasteiger partial charge on any atom is 0.261 e. The number of halogens is 2. The molecule has 0 saturated heterocycles. The number of amides is 2. The van der Waals surface area contributed by atoms with Gasteiger partial charge in [-0.2, -0.15) is 0 Å². The number of nitrogens with one attached hydrogen (secondary N) is 2. The first-order valence-corrected chi connectivity index (χ1v) is 15.0. The minimum atomic E-state index is -3.96. The SMILES string of the molecule is COc1ccc(CNC(=O)[C@@H](C)N(Cc2ccc(F)cc2)C(=O)COc2ccc(S(=O)(=O)Nc3ccc(F)cc3)cc2)cc1. The van der Waals surface area contributed by atoms with Gasteiger partial charge in [0, 0.05) is 18.8 Å². The van der Waals surface area contributed by atoms with E-state index in [1.54, 1.807) is 26.2 Å². The molecule has 0 aliphatic rings. The van der Waals surface area contributed by atoms with Gasteiger partial charge in [0.25, 0.3) is 15.9 Å². The molecule has 0 saturated carbocycles. The average Bonchev–Trinajstić information content (AvgIpc) is 3.03. The number of carbonyl (C=O) groups excluding carboxylic acids is 2. The maximum atomic E-state index is 13.5. The second-order valence-corrected chi connectivity index (χ2v) is 11.4. The minimum Gasteiger partial charge on any atom is -0.497 e. The molecule has 0 unspecified atom stereocenters. The summed E-state index contributed by atoms with van der Waals surface area (Å²) in [7, 11) is -2.40. The number of rotatable bonds is 13. The van der Waals surface area contributed by atoms with Gasteiger partial charge in [-0.1, -0.05) is 24.3 Å². The van der Waals surface area contributed by atoms with Crippen molar-refractivity contribution < 1.29 is 36.3 Å². The van der Waals surface area contributed by atoms with Crippen molar-refractivity contribution in [1.29, 1.82) is 0 Å². The number of nitrogens with zero attached hydrogens (tertiary/aromatic N) is 1. The lowest BCUT2D eigenvalue weighted by Crippen LogP contribution is -2.48. The summed E-state index contributed by atoms with van der Waals surface area (Å²) in [5, 5.41) is 2.82. The van der Waals surface area contributed by atoms with Crippen LogP contribution in [0.4, 0.5) is 14.5 Å². The van der Waals surface area contributed by atoms with Crippen LogP contribution >= 0.6 is 0 Å². The molecule has 0 spiro atoms. The molecule has 12 heteroatoms. The van der Waals surface area contributed by atoms with Crippen molar-refractivity contribution in [2.45, 2.75) is 31.0 Å². The number of carbonyl (C=O) groups is 2. The van der Waals surface area contributed by atoms with E-state index in [2.05, 4.69) is 10.0 Å². The van der Waals surface area contributed by atoms with Crippen molar-refractivity contribution >= 4 is 27.5 Å². The Balaban J connectivity index is 1.41. The fourth-order valence-corrected chi connectivity index (χ4v) is 5.18. The van der Waals surface area contributed by atoms with Crippen molar-refractivity contribution in [2.75, 3.05) is 18.4 Å². The molecular weight excluding hydrogens is 592 g/mol. The van der Waals surface area contributed by atoms with Gasteiger partial charge in [-0.15, -0.1) is 0 Å². The quantitative estimate of drug-likeness (QED) is 0.219. The van der Waals surface area contributed by atoms with Gasteiger partial charge in [0.05, 0.1) is 12.0 Å². The Labute approximate surface area is 254 Å². The van der Waals surface area contributed by atoms with Crippen LogP contribution < -0.4 is 19.5 Å². The van der Waals surface area contributed by atoms with E-state index in [1.807, 2.05) is 12.1 Å². The molecule has 2 N–H and O–H groups in total. The highest BCUT2D eigenvalue weighted by atomic mass is 32.2. The largest absolute Gasteiger partial charge is 0.497 e. The Hall–Kier alpha value is -4.97. The van der Waals surface area contributed by atoms with Crippen molar-refractivity contribution in [1.82, 2.24) is 10.2 Å². The van der Waals surface area contributed by atoms with Gasteiger partial charge in [-0.25, -0.2) is 17.2 Å². The molecule has 4 aromatic rings. The fraction of sp³-hybridized carbons (Fsp3) is 0.188. The van der Waals surface area contributed by atoms with Gasteiger partial charge < -0.3 is 19.7 Å². The predicted molar refractivity (Wildman–Crippen MR) is 160 cm³/mol. The second-order valence-electron chi connectivity index (χ2n) is 9.76. The van der Waals surface area contributed by atoms with E-state index in [-0.39, 0.29) is 29.4 Å². The highest BCUT2D eigenvalue weighted by Crippen LogP contribution is 2.20. The van der Waals surface area contributed by atoms with Gasteiger partial charge >= 0.3 is 0 Å². The lowest BCUT2D eigenvalue weighted by molar-refractivity contribution is -0.142. The van der Waals surface area contributed by atoms with E-state index in [0.29, 0.717) is 11.3 Å². The number of hydrogen-bond acceptors (Lipinski definition) is 6. The van der Waals surface area contributed by atoms with Gasteiger partial charge in [0.15, 0.2) is 6.61 Å². The highest BCUT2D eigenvalue weighted by Gasteiger charge is 2.26. The number of sulfonamides is 1. The number of anilines is 1. The molecule has 9 nitrogen and oxygen atoms in total. The standard InChI is InChI=1S/C32H31F2N3O6S/c1-22(32(39)35-19-23-5-13-28(42-2)14-6-23)37(20-24-3-7-25(33)8-4-24)31(38)21-43-29-15-17-30(18-16-29)44(40,41)36-27-11-9-26(34)10-12-27/h3-18,22,36H,19-21H2,1-2H3,(H,35,39)/t22-/m1/s1. The van der Waals surface area contributed by atoms with E-state index in [9.17, 15) is 26.8 Å². The smallest absolute Gasteiger partial charge is 0.261 e. The molecular formula is C32H31F2N3O6S. The van der Waals surface area contributed by atoms with Crippen LogP contribution in [0.25, 0.3) is 0 Å². The maximum absolute atomic E-state index is 13.5. The van der Waals surface area contributed by atoms with Gasteiger partial charge in [0.2, 0.25) is 5.91 Å². The summed E-state index contributed by atoms with van der Waals surface area (Å²) in [6, 6.07) is 22.1. The zero-order valence-corrected chi connectivity index (χ0v) is 24.8. The summed E-state index contributed by atoms with van der Waals surface area (Å²) in [4.78, 5) is 27.7. The number of ether oxygens (including phenoxy) is 2. The molecule has 4 aromatic carbocycles. The molecule has 0 heterocycles. The predicted octanol–water partition coefficient (Wildman–Crippen LogP) is 4.89. The average molecular weight is 624 g/mol. The Kier molecular flexibility index (Phi) is 10.5. The van der Waals surface area contributed by atoms with Crippen LogP contribution in [0.3, 0.4) is 0 Å². The van der Waals surface area contributed by atoms with Crippen LogP contribution in [0.15, 0.2) is 102 Å². The van der Waals surface area contributed by atoms with E-state index in [4.69, 9.17) is 9.47 Å². The molecule has 44 heavy (non-hydrogen) atoms. The summed E-state index contributed by atoms with van der Waals surface area (Å²) in [6.07, 6.45) is 0. The molecule has 0 aromatic heterocycles. The van der Waals surface area contributed by atoms with Crippen molar-refractivity contribution in [2.24, 2.45) is 0 Å². The minimum absolute atomic E-state index is 0.0197. The van der Waals surface area contributed by atoms with E-state index in [1.165, 1.54) is 65.6 Å². The first kappa shape index (κ1) is 32.0. The Morgan fingerprint density at radius 2 is 1.34 bits per heavy atom. The summed E-state index contributed by atoms with van der Waals surface area (Å²) in [5.74, 6) is -0.946. The van der Waals surface area contributed by atoms with Crippen LogP contribution in [0, 0.1) is 11.6 Å². The van der Waals surface area contributed by atoms with E-state index in [0.717, 1.165) is 17.7 Å². The summed E-state index contributed by atoms with van der Waals surface area (Å²) in [6.45, 7) is 1.38. The molecule has 0 radical (unpaired) electrons. The van der Waals surface area contributed by atoms with E-state index < -0.39 is 46.1 Å². The molecule has 0 aliphatic carbocycles. The van der Waals surface area contributed by atoms with Crippen molar-refractivity contribution in [3.05, 3.63) is 120 Å². The lowest BCUT2D eigenvalue weighted by Gasteiger charge is -2.28. The normalized spacial score (nSPS) is 11.7. The molecule has 2 amide bonds. The topological polar surface area (TPSA) is 114 Å². The zero-order chi connectivity index (χ0) is 31.7. The Morgan fingerprint density at radius 3 is 1.93 bits per heavy atom. The fourth-order valence-electron chi connectivity index (χ4n) is 4.12. The molecule has 0 fully saturated rings. The third-order valence-corrected chi connectivity index (χ3v) is 8.05. The third kappa shape index (κ3) is 8.77. The van der Waals surface area contributed by atoms with Crippen LogP contribution in [-0.2, 0) is 32.7 Å². The first-order valence-electron chi connectivity index (χ1n) is 13.5. The number of methoxy groups -OCH3 is 1. The van der Waals surface area contributed by atoms with Crippen LogP contribution in [-0.4, -0.2) is 44.9 Å². The third-order valence-electron chi connectivity index (χ3n) is 6.65. The molecule has 230 valence electrons. The second kappa shape index (κ2) is 14.5. The monoisotopic (exact) mass is 623 g/mol. The van der Waals surface area contributed by atoms with Crippen LogP contribution in [0.1, 0.15) is 18.1 Å². The highest BCUT2D eigenvalue weighted by molar-refractivity contribution is 7.92. The van der Waals surface area contributed by atoms with Gasteiger partial charge in [-0.05, 0) is 90.8 Å². The number of benzene rings is 4. The molecule has 0 aliphatic heterocycles. The first-order chi connectivity index (χ1) is 21.0. The lowest BCUT2D eigenvalue weighted by atomic mass is 10.1.